The zero-order valence-corrected chi connectivity index (χ0v) is 82.9. The van der Waals surface area contributed by atoms with E-state index < -0.39 is 0 Å². The van der Waals surface area contributed by atoms with Gasteiger partial charge in [0.05, 0.1) is 0 Å². The lowest BCUT2D eigenvalue weighted by molar-refractivity contribution is 0.685. The highest BCUT2D eigenvalue weighted by atomic mass is 14.2. The molecule has 0 amide bonds. The Bertz CT molecular complexity index is 7570. The van der Waals surface area contributed by atoms with Crippen molar-refractivity contribution in [1.82, 2.24) is 0 Å². The highest BCUT2D eigenvalue weighted by molar-refractivity contribution is 6.07. The molecule has 706 valence electrons. The van der Waals surface area contributed by atoms with Gasteiger partial charge in [-0.3, -0.25) is 0 Å². The van der Waals surface area contributed by atoms with Crippen LogP contribution >= 0.6 is 0 Å². The van der Waals surface area contributed by atoms with E-state index in [4.69, 9.17) is 0 Å². The largest absolute Gasteiger partial charge is 0.0795 e. The summed E-state index contributed by atoms with van der Waals surface area (Å²) in [7, 11) is 0. The molecular formula is C146H122. The summed E-state index contributed by atoms with van der Waals surface area (Å²) < 4.78 is 0. The first-order chi connectivity index (χ1) is 72.5. The molecule has 0 saturated carbocycles. The molecule has 0 heteroatoms. The Kier molecular flexibility index (Phi) is 39.3. The summed E-state index contributed by atoms with van der Waals surface area (Å²) in [5.41, 5.74) is 23.8. The minimum atomic E-state index is 1.05. The molecule has 0 nitrogen and oxygen atoms in total. The van der Waals surface area contributed by atoms with Crippen LogP contribution < -0.4 is 0 Å². The number of hydrogen-bond donors (Lipinski definition) is 0. The van der Waals surface area contributed by atoms with Crippen molar-refractivity contribution in [1.29, 1.82) is 0 Å². The Hall–Kier alpha value is -18.1. The Balaban J connectivity index is 0.000000115. The Morgan fingerprint density at radius 1 is 0.151 bits per heavy atom. The molecule has 24 aromatic rings. The van der Waals surface area contributed by atoms with Gasteiger partial charge >= 0.3 is 0 Å². The summed E-state index contributed by atoms with van der Waals surface area (Å²) in [4.78, 5) is 0. The minimum absolute atomic E-state index is 1.05. The number of rotatable bonds is 6. The average molecular weight is 1880 g/mol. The fourth-order valence-corrected chi connectivity index (χ4v) is 17.6. The van der Waals surface area contributed by atoms with Crippen LogP contribution in [0.2, 0.25) is 0 Å². The van der Waals surface area contributed by atoms with Crippen molar-refractivity contribution in [3.8, 4) is 56.3 Å². The van der Waals surface area contributed by atoms with Crippen LogP contribution in [0.15, 0.2) is 625 Å². The summed E-state index contributed by atoms with van der Waals surface area (Å²) in [6.07, 6.45) is 19.1. The van der Waals surface area contributed by atoms with E-state index in [-0.39, 0.29) is 0 Å². The minimum Gasteiger partial charge on any atom is -0.0795 e. The number of aryl methyl sites for hydroxylation is 4. The molecule has 0 spiro atoms. The van der Waals surface area contributed by atoms with E-state index in [1.807, 2.05) is 164 Å². The second-order valence-corrected chi connectivity index (χ2v) is 35.6. The molecular weight excluding hydrogens is 1750 g/mol. The van der Waals surface area contributed by atoms with E-state index >= 15 is 0 Å². The van der Waals surface area contributed by atoms with E-state index in [0.29, 0.717) is 0 Å². The van der Waals surface area contributed by atoms with Crippen LogP contribution in [0.3, 0.4) is 0 Å². The maximum absolute atomic E-state index is 3.11. The molecule has 0 N–H and O–H groups in total. The molecule has 0 unspecified atom stereocenters. The smallest absolute Gasteiger partial charge is 0.0249 e. The molecule has 0 bridgehead atoms. The topological polar surface area (TPSA) is 0 Å². The van der Waals surface area contributed by atoms with Crippen molar-refractivity contribution in [2.45, 2.75) is 51.4 Å². The molecule has 0 aromatic heterocycles. The lowest BCUT2D eigenvalue weighted by atomic mass is 9.92. The predicted molar refractivity (Wildman–Crippen MR) is 633 cm³/mol. The van der Waals surface area contributed by atoms with Gasteiger partial charge in [0, 0.05) is 11.1 Å². The second-order valence-electron chi connectivity index (χ2n) is 35.6. The molecule has 0 heterocycles. The monoisotopic (exact) mass is 1870 g/mol. The normalized spacial score (nSPS) is 11.1. The molecule has 0 saturated heterocycles. The van der Waals surface area contributed by atoms with Crippen molar-refractivity contribution >= 4 is 82.9 Å². The first kappa shape index (κ1) is 101. The summed E-state index contributed by atoms with van der Waals surface area (Å²) in [5, 5.41) is 15.8. The summed E-state index contributed by atoms with van der Waals surface area (Å²) in [5.74, 6) is 6.22. The molecule has 0 aliphatic heterocycles. The fourth-order valence-electron chi connectivity index (χ4n) is 17.6. The van der Waals surface area contributed by atoms with Crippen LogP contribution in [0.4, 0.5) is 0 Å². The van der Waals surface area contributed by atoms with E-state index in [1.54, 1.807) is 22.3 Å². The van der Waals surface area contributed by atoms with E-state index in [9.17, 15) is 0 Å². The molecule has 24 aromatic carbocycles. The third-order valence-corrected chi connectivity index (χ3v) is 25.4. The number of hydrogen-bond acceptors (Lipinski definition) is 0. The van der Waals surface area contributed by atoms with Crippen LogP contribution in [0.5, 0.6) is 0 Å². The van der Waals surface area contributed by atoms with Gasteiger partial charge in [-0.1, -0.05) is 612 Å². The molecule has 146 heavy (non-hydrogen) atoms. The van der Waals surface area contributed by atoms with E-state index in [1.165, 1.54) is 176 Å². The maximum atomic E-state index is 3.11. The van der Waals surface area contributed by atoms with Crippen LogP contribution in [0, 0.1) is 11.8 Å². The molecule has 0 atom stereocenters. The molecule has 0 radical (unpaired) electrons. The van der Waals surface area contributed by atoms with Gasteiger partial charge in [0.2, 0.25) is 0 Å². The zero-order valence-electron chi connectivity index (χ0n) is 82.9. The predicted octanol–water partition coefficient (Wildman–Crippen LogP) is 39.3. The van der Waals surface area contributed by atoms with Gasteiger partial charge in [-0.25, -0.2) is 0 Å². The van der Waals surface area contributed by atoms with Crippen LogP contribution in [0.1, 0.15) is 74.9 Å². The van der Waals surface area contributed by atoms with Gasteiger partial charge in [-0.05, 0) is 247 Å². The highest BCUT2D eigenvalue weighted by Crippen LogP contribution is 2.31. The molecule has 3 aliphatic rings. The van der Waals surface area contributed by atoms with Gasteiger partial charge < -0.3 is 0 Å². The summed E-state index contributed by atoms with van der Waals surface area (Å²) >= 11 is 0. The van der Waals surface area contributed by atoms with Crippen molar-refractivity contribution in [2.24, 2.45) is 0 Å². The van der Waals surface area contributed by atoms with Gasteiger partial charge in [0.15, 0.2) is 0 Å². The molecule has 0 fully saturated rings. The van der Waals surface area contributed by atoms with Gasteiger partial charge in [0.25, 0.3) is 0 Å². The zero-order chi connectivity index (χ0) is 99.3. The van der Waals surface area contributed by atoms with Crippen LogP contribution in [-0.4, -0.2) is 0 Å². The summed E-state index contributed by atoms with van der Waals surface area (Å²) in [6, 6.07) is 214. The SMILES string of the molecule is C(#Cc1ccccc1)c1ccccc1.C(=C\c1ccccc1)/c1ccccc1.C1=Cc2ccccc2C1.c1ccc(-c2ccc(-c3ccccc3)cc2)cc1.c1ccc(-c2ccc3ccccc3c2)cc1.c1ccc(-c2ccccc2)cc1.c1ccc2c(c1)CCC2.c1ccc2c(c1)CCCC2.c1ccc2c(c1)ccc1ccccc12.c1ccc2cc3ccccc3cc2c1.c1ccc2ccccc2c1.c1ccccc1. The number of fused-ring (bicyclic) bond motifs is 10. The number of allylic oxidation sites excluding steroid dienone is 1. The Morgan fingerprint density at radius 2 is 0.370 bits per heavy atom. The maximum Gasteiger partial charge on any atom is 0.0249 e. The Labute approximate surface area is 864 Å². The van der Waals surface area contributed by atoms with Crippen molar-refractivity contribution in [3.05, 3.63) is 680 Å². The van der Waals surface area contributed by atoms with E-state index in [0.717, 1.165) is 17.5 Å². The second kappa shape index (κ2) is 57.0. The third-order valence-electron chi connectivity index (χ3n) is 25.4. The molecule has 3 aliphatic carbocycles. The van der Waals surface area contributed by atoms with Gasteiger partial charge in [0.1, 0.15) is 0 Å². The quantitative estimate of drug-likeness (QED) is 0.0674. The first-order valence-corrected chi connectivity index (χ1v) is 50.8. The standard InChI is InChI=1S/C18H14.C16H12.2C14H10.C14H12.C14H10.C12H10.C10H12.C10H8.C9H10.C9H8.C6H6/c1-3-7-15(8-4-1)17-11-13-18(14-12-17)16-9-5-2-6-10-16;1-2-6-13(7-3-1)16-11-10-14-8-4-5-9-15(14)12-16;1-3-7-13-11(5-1)9-10-12-6-2-4-8-14(12)13;1-2-6-12-10-14-8-4-3-7-13(14)9-11(12)5-1;2*1-3-7-13(8-4-1)11-12-14-9-5-2-6-10-14;1-3-7-11(8-4-1)12-9-5-2-6-10-12;2*1-2-6-10-8-4-3-7-9(10)5-1;2*1-2-5-9-7-3-6-8(9)4-1;1-2-4-6-5-3-1/h1-14H;1-12H;2*1-10H;1-12H;1-10H;1-10H;1-2,5-6H,3-4,7-8H2;1-8H;1-2,4-5H,3,6-7H2;1-6H,7H2;1-6H/b;;;;12-11+;;;;;;;. The lowest BCUT2D eigenvalue weighted by Crippen LogP contribution is -2.00. The van der Waals surface area contributed by atoms with Crippen LogP contribution in [-0.2, 0) is 32.1 Å². The summed E-state index contributed by atoms with van der Waals surface area (Å²) in [6.45, 7) is 0. The Morgan fingerprint density at radius 3 is 0.699 bits per heavy atom. The first-order valence-electron chi connectivity index (χ1n) is 50.8. The average Bonchev–Trinajstić information content (AvgIpc) is 0.877. The fraction of sp³-hybridized carbons (Fsp3) is 0.0548. The van der Waals surface area contributed by atoms with E-state index in [2.05, 4.69) is 491 Å². The highest BCUT2D eigenvalue weighted by Gasteiger charge is 2.10. The van der Waals surface area contributed by atoms with Gasteiger partial charge in [-0.15, -0.1) is 0 Å². The van der Waals surface area contributed by atoms with Crippen molar-refractivity contribution in [3.63, 3.8) is 0 Å². The molecule has 27 rings (SSSR count). The third kappa shape index (κ3) is 32.2. The van der Waals surface area contributed by atoms with Crippen molar-refractivity contribution in [2.75, 3.05) is 0 Å². The van der Waals surface area contributed by atoms with Gasteiger partial charge in [-0.2, -0.15) is 0 Å². The van der Waals surface area contributed by atoms with Crippen LogP contribution in [0.25, 0.3) is 127 Å². The lowest BCUT2D eigenvalue weighted by Gasteiger charge is -2.13. The number of benzene rings is 24. The van der Waals surface area contributed by atoms with Crippen molar-refractivity contribution < 1.29 is 0 Å².